The van der Waals surface area contributed by atoms with Gasteiger partial charge in [0.1, 0.15) is 12.1 Å². The summed E-state index contributed by atoms with van der Waals surface area (Å²) in [6.07, 6.45) is -1.04. The topological polar surface area (TPSA) is 148 Å². The molecule has 0 aliphatic carbocycles. The third kappa shape index (κ3) is 5.22. The first-order valence-electron chi connectivity index (χ1n) is 9.11. The highest BCUT2D eigenvalue weighted by Crippen LogP contribution is 2.36. The molecule has 0 unspecified atom stereocenters. The molecule has 12 heteroatoms. The molecule has 0 amide bonds. The molecule has 3 N–H and O–H groups in total. The molecular formula is C20H17ClN6O4S. The maximum absolute atomic E-state index is 11.5. The average Bonchev–Trinajstić information content (AvgIpc) is 3.23. The Morgan fingerprint density at radius 2 is 1.97 bits per heavy atom. The molecule has 164 valence electrons. The highest BCUT2D eigenvalue weighted by Gasteiger charge is 2.30. The lowest BCUT2D eigenvalue weighted by atomic mass is 10.1. The summed E-state index contributed by atoms with van der Waals surface area (Å²) < 4.78 is 33.7. The predicted molar refractivity (Wildman–Crippen MR) is 117 cm³/mol. The molecule has 0 saturated carbocycles. The van der Waals surface area contributed by atoms with Crippen LogP contribution in [0.5, 0.6) is 0 Å². The van der Waals surface area contributed by atoms with Gasteiger partial charge in [0.25, 0.3) is 0 Å². The Morgan fingerprint density at radius 3 is 2.56 bits per heavy atom. The largest absolute Gasteiger partial charge is 0.418 e. The van der Waals surface area contributed by atoms with Gasteiger partial charge >= 0.3 is 10.3 Å². The van der Waals surface area contributed by atoms with Crippen LogP contribution in [0.15, 0.2) is 40.8 Å². The van der Waals surface area contributed by atoms with E-state index in [1.54, 1.807) is 37.3 Å². The molecule has 0 bridgehead atoms. The summed E-state index contributed by atoms with van der Waals surface area (Å²) in [5.74, 6) is 0.197. The van der Waals surface area contributed by atoms with E-state index >= 15 is 0 Å². The normalized spacial score (nSPS) is 13.1. The minimum absolute atomic E-state index is 0.0327. The molecule has 3 rings (SSSR count). The van der Waals surface area contributed by atoms with Crippen LogP contribution in [0.25, 0.3) is 16.3 Å². The van der Waals surface area contributed by atoms with Crippen molar-refractivity contribution in [1.82, 2.24) is 10.2 Å². The van der Waals surface area contributed by atoms with Crippen LogP contribution in [0.3, 0.4) is 0 Å². The maximum Gasteiger partial charge on any atom is 0.333 e. The molecular weight excluding hydrogens is 456 g/mol. The molecule has 3 aromatic rings. The van der Waals surface area contributed by atoms with E-state index in [1.807, 2.05) is 6.07 Å². The number of nitriles is 1. The van der Waals surface area contributed by atoms with Crippen molar-refractivity contribution in [1.29, 1.82) is 5.26 Å². The number of benzene rings is 2. The van der Waals surface area contributed by atoms with Gasteiger partial charge in [-0.3, -0.25) is 4.18 Å². The number of aromatic nitrogens is 2. The SMILES string of the molecule is [C-]#[N+]c1ccc(N[C@@H](c2nnc(-c3ccc(C#N)cc3)o2)[C@H](C)OS(N)(=O)=O)c(C)c1Cl. The summed E-state index contributed by atoms with van der Waals surface area (Å²) >= 11 is 6.25. The summed E-state index contributed by atoms with van der Waals surface area (Å²) in [5.41, 5.74) is 2.40. The number of anilines is 1. The van der Waals surface area contributed by atoms with Crippen LogP contribution in [-0.2, 0) is 14.5 Å². The smallest absolute Gasteiger partial charge is 0.333 e. The zero-order valence-corrected chi connectivity index (χ0v) is 18.5. The van der Waals surface area contributed by atoms with E-state index in [-0.39, 0.29) is 22.5 Å². The molecule has 1 heterocycles. The second-order valence-electron chi connectivity index (χ2n) is 6.73. The molecule has 0 radical (unpaired) electrons. The summed E-state index contributed by atoms with van der Waals surface area (Å²) in [4.78, 5) is 3.35. The van der Waals surface area contributed by atoms with Crippen molar-refractivity contribution in [2.75, 3.05) is 5.32 Å². The molecule has 10 nitrogen and oxygen atoms in total. The molecule has 0 fully saturated rings. The Balaban J connectivity index is 1.99. The number of nitrogens with two attached hydrogens (primary N) is 1. The van der Waals surface area contributed by atoms with Crippen LogP contribution in [-0.4, -0.2) is 24.7 Å². The summed E-state index contributed by atoms with van der Waals surface area (Å²) in [5, 5.41) is 25.4. The first-order valence-corrected chi connectivity index (χ1v) is 11.0. The Labute approximate surface area is 189 Å². The van der Waals surface area contributed by atoms with Crippen LogP contribution >= 0.6 is 11.6 Å². The van der Waals surface area contributed by atoms with Gasteiger partial charge in [-0.1, -0.05) is 17.7 Å². The Bertz CT molecular complexity index is 1330. The number of halogens is 1. The quantitative estimate of drug-likeness (QED) is 0.492. The van der Waals surface area contributed by atoms with E-state index < -0.39 is 22.4 Å². The van der Waals surface area contributed by atoms with Crippen LogP contribution in [0.1, 0.15) is 30.0 Å². The molecule has 2 atom stereocenters. The number of hydrogen-bond donors (Lipinski definition) is 2. The minimum atomic E-state index is -4.28. The van der Waals surface area contributed by atoms with Crippen molar-refractivity contribution in [2.45, 2.75) is 26.0 Å². The van der Waals surface area contributed by atoms with Gasteiger partial charge in [0.15, 0.2) is 0 Å². The lowest BCUT2D eigenvalue weighted by Crippen LogP contribution is -2.31. The average molecular weight is 473 g/mol. The van der Waals surface area contributed by atoms with Crippen LogP contribution in [0.4, 0.5) is 11.4 Å². The second-order valence-corrected chi connectivity index (χ2v) is 8.29. The van der Waals surface area contributed by atoms with E-state index in [2.05, 4.69) is 20.4 Å². The number of nitrogens with zero attached hydrogens (tertiary/aromatic N) is 4. The summed E-state index contributed by atoms with van der Waals surface area (Å²) in [7, 11) is -4.28. The van der Waals surface area contributed by atoms with Crippen molar-refractivity contribution in [3.63, 3.8) is 0 Å². The molecule has 0 spiro atoms. The second kappa shape index (κ2) is 9.34. The van der Waals surface area contributed by atoms with E-state index in [4.69, 9.17) is 37.2 Å². The van der Waals surface area contributed by atoms with Gasteiger partial charge in [-0.05, 0) is 49.7 Å². The van der Waals surface area contributed by atoms with Gasteiger partial charge in [-0.15, -0.1) is 10.2 Å². The highest BCUT2D eigenvalue weighted by molar-refractivity contribution is 7.84. The lowest BCUT2D eigenvalue weighted by molar-refractivity contribution is 0.192. The van der Waals surface area contributed by atoms with Crippen LogP contribution < -0.4 is 10.5 Å². The van der Waals surface area contributed by atoms with Crippen molar-refractivity contribution >= 4 is 33.3 Å². The van der Waals surface area contributed by atoms with Crippen molar-refractivity contribution in [3.8, 4) is 17.5 Å². The van der Waals surface area contributed by atoms with Gasteiger partial charge < -0.3 is 9.73 Å². The molecule has 32 heavy (non-hydrogen) atoms. The third-order valence-corrected chi connectivity index (χ3v) is 5.57. The molecule has 0 saturated heterocycles. The van der Waals surface area contributed by atoms with Gasteiger partial charge in [0.2, 0.25) is 17.5 Å². The van der Waals surface area contributed by atoms with Gasteiger partial charge in [-0.25, -0.2) is 9.98 Å². The fourth-order valence-corrected chi connectivity index (χ4v) is 3.63. The van der Waals surface area contributed by atoms with Crippen molar-refractivity contribution in [3.05, 3.63) is 69.9 Å². The first-order chi connectivity index (χ1) is 15.1. The van der Waals surface area contributed by atoms with E-state index in [9.17, 15) is 8.42 Å². The van der Waals surface area contributed by atoms with Gasteiger partial charge in [0.05, 0.1) is 23.2 Å². The van der Waals surface area contributed by atoms with E-state index in [1.165, 1.54) is 13.0 Å². The highest BCUT2D eigenvalue weighted by atomic mass is 35.5. The number of nitrogens with one attached hydrogen (secondary N) is 1. The van der Waals surface area contributed by atoms with Crippen molar-refractivity contribution in [2.24, 2.45) is 5.14 Å². The first kappa shape index (κ1) is 23.2. The number of hydrogen-bond acceptors (Lipinski definition) is 8. The summed E-state index contributed by atoms with van der Waals surface area (Å²) in [6, 6.07) is 10.8. The predicted octanol–water partition coefficient (Wildman–Crippen LogP) is 3.88. The zero-order valence-electron chi connectivity index (χ0n) is 16.9. The van der Waals surface area contributed by atoms with E-state index in [0.29, 0.717) is 22.4 Å². The maximum atomic E-state index is 11.5. The van der Waals surface area contributed by atoms with Crippen LogP contribution in [0, 0.1) is 24.8 Å². The Hall–Kier alpha value is -3.48. The fourth-order valence-electron chi connectivity index (χ4n) is 2.89. The van der Waals surface area contributed by atoms with Crippen LogP contribution in [0.2, 0.25) is 5.02 Å². The molecule has 0 aliphatic heterocycles. The lowest BCUT2D eigenvalue weighted by Gasteiger charge is -2.23. The minimum Gasteiger partial charge on any atom is -0.418 e. The monoisotopic (exact) mass is 472 g/mol. The standard InChI is InChI=1S/C20H17ClN6O4S/c1-11-15(8-9-16(24-3)17(11)21)25-18(12(2)31-32(23,28)29)20-27-26-19(30-20)14-6-4-13(10-22)5-7-14/h4-9,12,18,25H,1-2H3,(H2,23,28,29)/t12-,18+/m0/s1. The zero-order chi connectivity index (χ0) is 23.5. The molecule has 0 aliphatic rings. The summed E-state index contributed by atoms with van der Waals surface area (Å²) in [6.45, 7) is 10.3. The van der Waals surface area contributed by atoms with Crippen molar-refractivity contribution < 1.29 is 17.0 Å². The number of rotatable bonds is 7. The van der Waals surface area contributed by atoms with Gasteiger partial charge in [-0.2, -0.15) is 13.7 Å². The van der Waals surface area contributed by atoms with E-state index in [0.717, 1.165) is 0 Å². The third-order valence-electron chi connectivity index (χ3n) is 4.52. The fraction of sp³-hybridized carbons (Fsp3) is 0.200. The Kier molecular flexibility index (Phi) is 6.77. The van der Waals surface area contributed by atoms with Gasteiger partial charge in [0, 0.05) is 11.3 Å². The molecule has 1 aromatic heterocycles. The molecule has 2 aromatic carbocycles. The Morgan fingerprint density at radius 1 is 1.28 bits per heavy atom.